The second-order valence-electron chi connectivity index (χ2n) is 7.42. The van der Waals surface area contributed by atoms with Crippen LogP contribution in [0.15, 0.2) is 67.0 Å². The summed E-state index contributed by atoms with van der Waals surface area (Å²) in [6.45, 7) is 0.837. The molecule has 1 aliphatic heterocycles. The van der Waals surface area contributed by atoms with E-state index in [2.05, 4.69) is 9.88 Å². The average Bonchev–Trinajstić information content (AvgIpc) is 2.70. The first-order chi connectivity index (χ1) is 14.9. The maximum absolute atomic E-state index is 13.5. The number of hydrogen-bond donors (Lipinski definition) is 0. The molecule has 0 spiro atoms. The smallest absolute Gasteiger partial charge is 0.126 e. The third-order valence-electron chi connectivity index (χ3n) is 5.30. The van der Waals surface area contributed by atoms with Gasteiger partial charge in [-0.05, 0) is 47.0 Å². The molecule has 0 bridgehead atoms. The van der Waals surface area contributed by atoms with Crippen LogP contribution in [-0.2, 0) is 17.8 Å². The molecule has 162 valence electrons. The minimum atomic E-state index is -2.53. The van der Waals surface area contributed by atoms with E-state index in [-0.39, 0.29) is 24.2 Å². The van der Waals surface area contributed by atoms with Crippen molar-refractivity contribution >= 4 is 22.9 Å². The molecule has 3 aromatic rings. The summed E-state index contributed by atoms with van der Waals surface area (Å²) < 4.78 is 52.0. The van der Waals surface area contributed by atoms with Crippen molar-refractivity contribution in [1.82, 2.24) is 14.2 Å². The number of pyridine rings is 1. The van der Waals surface area contributed by atoms with Gasteiger partial charge in [-0.2, -0.15) is 0 Å². The van der Waals surface area contributed by atoms with Crippen molar-refractivity contribution in [3.05, 3.63) is 100 Å². The van der Waals surface area contributed by atoms with Gasteiger partial charge in [-0.1, -0.05) is 29.8 Å². The summed E-state index contributed by atoms with van der Waals surface area (Å²) in [5.74, 6) is -1.47. The van der Waals surface area contributed by atoms with Crippen LogP contribution in [0.1, 0.15) is 22.7 Å². The van der Waals surface area contributed by atoms with E-state index in [0.717, 1.165) is 29.3 Å². The zero-order valence-corrected chi connectivity index (χ0v) is 17.9. The van der Waals surface area contributed by atoms with Gasteiger partial charge in [0.15, 0.2) is 0 Å². The topological polar surface area (TPSA) is 59.5 Å². The van der Waals surface area contributed by atoms with Crippen molar-refractivity contribution in [2.45, 2.75) is 18.6 Å². The van der Waals surface area contributed by atoms with Gasteiger partial charge in [0.25, 0.3) is 0 Å². The summed E-state index contributed by atoms with van der Waals surface area (Å²) in [4.78, 5) is 6.35. The SMILES string of the molecule is O=S([O-])N(Cc1cc(F)cc(F)c1)C1CN([C@@H](c2ccc(Cl)cc2)c2cccnc2)C1. The van der Waals surface area contributed by atoms with Gasteiger partial charge in [-0.3, -0.25) is 14.1 Å². The highest BCUT2D eigenvalue weighted by atomic mass is 35.5. The summed E-state index contributed by atoms with van der Waals surface area (Å²) in [5, 5.41) is 0.630. The van der Waals surface area contributed by atoms with Crippen LogP contribution in [0.25, 0.3) is 0 Å². The normalized spacial score (nSPS) is 16.8. The lowest BCUT2D eigenvalue weighted by Gasteiger charge is -2.49. The second-order valence-corrected chi connectivity index (χ2v) is 8.76. The molecule has 2 heterocycles. The highest BCUT2D eigenvalue weighted by Gasteiger charge is 2.38. The Kier molecular flexibility index (Phi) is 6.74. The standard InChI is InChI=1S/C22H20ClF2N3O2S/c23-18-5-3-16(4-6-18)22(17-2-1-7-26-11-17)27-13-21(14-27)28(31(29)30)12-15-8-19(24)10-20(25)9-15/h1-11,21-22H,12-14H2,(H,29,30)/p-1/t22-/m0/s1. The molecule has 0 amide bonds. The number of hydrogen-bond acceptors (Lipinski definition) is 4. The van der Waals surface area contributed by atoms with Gasteiger partial charge in [-0.25, -0.2) is 13.1 Å². The Morgan fingerprint density at radius 2 is 1.81 bits per heavy atom. The number of aromatic nitrogens is 1. The molecule has 0 saturated carbocycles. The van der Waals surface area contributed by atoms with E-state index < -0.39 is 22.9 Å². The zero-order valence-electron chi connectivity index (χ0n) is 16.3. The number of likely N-dealkylation sites (tertiary alicyclic amines) is 1. The Morgan fingerprint density at radius 1 is 1.13 bits per heavy atom. The van der Waals surface area contributed by atoms with Crippen molar-refractivity contribution in [2.75, 3.05) is 13.1 Å². The number of rotatable bonds is 7. The van der Waals surface area contributed by atoms with E-state index in [1.807, 2.05) is 36.4 Å². The van der Waals surface area contributed by atoms with Crippen molar-refractivity contribution in [1.29, 1.82) is 0 Å². The summed E-state index contributed by atoms with van der Waals surface area (Å²) >= 11 is 3.50. The Morgan fingerprint density at radius 3 is 2.39 bits per heavy atom. The third-order valence-corrected chi connectivity index (χ3v) is 6.36. The molecule has 1 unspecified atom stereocenters. The zero-order chi connectivity index (χ0) is 22.0. The van der Waals surface area contributed by atoms with Gasteiger partial charge in [-0.15, -0.1) is 0 Å². The van der Waals surface area contributed by atoms with E-state index in [9.17, 15) is 17.5 Å². The minimum Gasteiger partial charge on any atom is -0.760 e. The van der Waals surface area contributed by atoms with Crippen molar-refractivity contribution < 1.29 is 17.5 Å². The fourth-order valence-corrected chi connectivity index (χ4v) is 4.62. The highest BCUT2D eigenvalue weighted by Crippen LogP contribution is 2.34. The van der Waals surface area contributed by atoms with Crippen LogP contribution >= 0.6 is 11.6 Å². The Bertz CT molecular complexity index is 1050. The van der Waals surface area contributed by atoms with E-state index >= 15 is 0 Å². The fraction of sp³-hybridized carbons (Fsp3) is 0.227. The molecule has 0 N–H and O–H groups in total. The molecule has 1 fully saturated rings. The largest absolute Gasteiger partial charge is 0.760 e. The van der Waals surface area contributed by atoms with Gasteiger partial charge in [0.05, 0.1) is 6.04 Å². The lowest BCUT2D eigenvalue weighted by atomic mass is 9.94. The third kappa shape index (κ3) is 5.16. The van der Waals surface area contributed by atoms with Gasteiger partial charge in [0.2, 0.25) is 0 Å². The average molecular weight is 463 g/mol. The second kappa shape index (κ2) is 9.50. The summed E-state index contributed by atoms with van der Waals surface area (Å²) in [5.41, 5.74) is 2.25. The van der Waals surface area contributed by atoms with Crippen LogP contribution in [0.4, 0.5) is 8.78 Å². The Hall–Kier alpha value is -2.23. The minimum absolute atomic E-state index is 0.0954. The van der Waals surface area contributed by atoms with Gasteiger partial charge < -0.3 is 4.55 Å². The van der Waals surface area contributed by atoms with Gasteiger partial charge in [0.1, 0.15) is 11.6 Å². The predicted molar refractivity (Wildman–Crippen MR) is 114 cm³/mol. The molecule has 0 radical (unpaired) electrons. The van der Waals surface area contributed by atoms with E-state index in [0.29, 0.717) is 18.1 Å². The summed E-state index contributed by atoms with van der Waals surface area (Å²) in [6.07, 6.45) is 3.48. The first kappa shape index (κ1) is 22.0. The van der Waals surface area contributed by atoms with Gasteiger partial charge >= 0.3 is 0 Å². The first-order valence-corrected chi connectivity index (χ1v) is 11.0. The van der Waals surface area contributed by atoms with Crippen LogP contribution in [0.5, 0.6) is 0 Å². The molecule has 4 rings (SSSR count). The molecular formula is C22H19ClF2N3O2S-. The van der Waals surface area contributed by atoms with Crippen LogP contribution in [-0.4, -0.2) is 42.1 Å². The Labute approximate surface area is 186 Å². The molecule has 1 saturated heterocycles. The monoisotopic (exact) mass is 462 g/mol. The van der Waals surface area contributed by atoms with E-state index in [1.54, 1.807) is 12.4 Å². The maximum Gasteiger partial charge on any atom is 0.126 e. The molecule has 9 heteroatoms. The molecule has 1 aromatic heterocycles. The van der Waals surface area contributed by atoms with Crippen LogP contribution in [0.3, 0.4) is 0 Å². The lowest BCUT2D eigenvalue weighted by Crippen LogP contribution is -2.60. The summed E-state index contributed by atoms with van der Waals surface area (Å²) in [6, 6.07) is 14.0. The van der Waals surface area contributed by atoms with Crippen LogP contribution in [0.2, 0.25) is 5.02 Å². The number of benzene rings is 2. The van der Waals surface area contributed by atoms with Crippen LogP contribution in [0, 0.1) is 11.6 Å². The quantitative estimate of drug-likeness (QED) is 0.496. The van der Waals surface area contributed by atoms with Gasteiger partial charge in [0, 0.05) is 60.4 Å². The van der Waals surface area contributed by atoms with Crippen LogP contribution < -0.4 is 0 Å². The lowest BCUT2D eigenvalue weighted by molar-refractivity contribution is 0.0493. The molecular weight excluding hydrogens is 444 g/mol. The van der Waals surface area contributed by atoms with Crippen molar-refractivity contribution in [2.24, 2.45) is 0 Å². The first-order valence-electron chi connectivity index (χ1n) is 9.61. The highest BCUT2D eigenvalue weighted by molar-refractivity contribution is 7.76. The van der Waals surface area contributed by atoms with E-state index in [1.165, 1.54) is 4.31 Å². The molecule has 31 heavy (non-hydrogen) atoms. The predicted octanol–water partition coefficient (Wildman–Crippen LogP) is 4.08. The molecule has 1 aliphatic rings. The molecule has 2 aromatic carbocycles. The molecule has 2 atom stereocenters. The molecule has 0 aliphatic carbocycles. The van der Waals surface area contributed by atoms with E-state index in [4.69, 9.17) is 11.6 Å². The number of nitrogens with zero attached hydrogens (tertiary/aromatic N) is 3. The Balaban J connectivity index is 1.53. The summed E-state index contributed by atoms with van der Waals surface area (Å²) in [7, 11) is 0. The number of halogens is 3. The fourth-order valence-electron chi connectivity index (χ4n) is 3.86. The molecule has 5 nitrogen and oxygen atoms in total. The maximum atomic E-state index is 13.5. The van der Waals surface area contributed by atoms with Crippen molar-refractivity contribution in [3.8, 4) is 0 Å². The van der Waals surface area contributed by atoms with Crippen molar-refractivity contribution in [3.63, 3.8) is 0 Å².